The molecule has 0 spiro atoms. The van der Waals surface area contributed by atoms with Crippen molar-refractivity contribution in [2.45, 2.75) is 6.54 Å². The van der Waals surface area contributed by atoms with Gasteiger partial charge in [0, 0.05) is 23.8 Å². The lowest BCUT2D eigenvalue weighted by Gasteiger charge is -2.19. The van der Waals surface area contributed by atoms with Crippen molar-refractivity contribution < 1.29 is 0 Å². The zero-order valence-electron chi connectivity index (χ0n) is 9.65. The summed E-state index contributed by atoms with van der Waals surface area (Å²) in [5.74, 6) is 0. The Hall–Kier alpha value is -0.830. The molecule has 2 aromatic rings. The first-order chi connectivity index (χ1) is 8.60. The molecule has 0 fully saturated rings. The van der Waals surface area contributed by atoms with Gasteiger partial charge in [0.2, 0.25) is 0 Å². The van der Waals surface area contributed by atoms with E-state index in [1.54, 1.807) is 11.3 Å². The lowest BCUT2D eigenvalue weighted by atomic mass is 10.2. The van der Waals surface area contributed by atoms with Crippen LogP contribution in [0.25, 0.3) is 0 Å². The van der Waals surface area contributed by atoms with Crippen LogP contribution in [0, 0.1) is 11.3 Å². The van der Waals surface area contributed by atoms with Crippen LogP contribution in [0.2, 0.25) is 0 Å². The van der Waals surface area contributed by atoms with Crippen LogP contribution in [0.5, 0.6) is 0 Å². The number of nitrogens with zero attached hydrogens (tertiary/aromatic N) is 2. The second-order valence-electron chi connectivity index (χ2n) is 3.89. The number of thiophene rings is 1. The summed E-state index contributed by atoms with van der Waals surface area (Å²) in [6, 6.07) is 10.0. The predicted molar refractivity (Wildman–Crippen MR) is 83.0 cm³/mol. The first-order valence-electron chi connectivity index (χ1n) is 5.24. The standard InChI is InChI=1S/C13H10Br2N2S/c1-17(7-9-4-13(15)18-8-9)11-3-2-10(6-16)12(14)5-11/h2-5,8H,7H2,1H3. The Morgan fingerprint density at radius 2 is 2.11 bits per heavy atom. The third kappa shape index (κ3) is 3.14. The van der Waals surface area contributed by atoms with Gasteiger partial charge in [-0.1, -0.05) is 0 Å². The first kappa shape index (κ1) is 13.6. The van der Waals surface area contributed by atoms with Gasteiger partial charge in [-0.25, -0.2) is 0 Å². The van der Waals surface area contributed by atoms with Gasteiger partial charge >= 0.3 is 0 Å². The maximum atomic E-state index is 8.89. The molecule has 1 aromatic heterocycles. The maximum absolute atomic E-state index is 8.89. The normalized spacial score (nSPS) is 10.1. The van der Waals surface area contributed by atoms with E-state index in [0.717, 1.165) is 20.5 Å². The monoisotopic (exact) mass is 384 g/mol. The Labute approximate surface area is 127 Å². The number of hydrogen-bond acceptors (Lipinski definition) is 3. The zero-order valence-corrected chi connectivity index (χ0v) is 13.6. The minimum Gasteiger partial charge on any atom is -0.370 e. The van der Waals surface area contributed by atoms with E-state index >= 15 is 0 Å². The largest absolute Gasteiger partial charge is 0.370 e. The van der Waals surface area contributed by atoms with Crippen LogP contribution in [-0.4, -0.2) is 7.05 Å². The number of rotatable bonds is 3. The second kappa shape index (κ2) is 5.87. The third-order valence-electron chi connectivity index (χ3n) is 2.56. The van der Waals surface area contributed by atoms with Gasteiger partial charge in [0.25, 0.3) is 0 Å². The van der Waals surface area contributed by atoms with Gasteiger partial charge in [0.1, 0.15) is 6.07 Å². The van der Waals surface area contributed by atoms with E-state index in [2.05, 4.69) is 54.3 Å². The second-order valence-corrected chi connectivity index (χ2v) is 7.04. The lowest BCUT2D eigenvalue weighted by molar-refractivity contribution is 0.926. The molecule has 0 aliphatic heterocycles. The van der Waals surface area contributed by atoms with E-state index in [1.165, 1.54) is 5.56 Å². The summed E-state index contributed by atoms with van der Waals surface area (Å²) in [7, 11) is 2.04. The molecule has 1 heterocycles. The number of nitriles is 1. The van der Waals surface area contributed by atoms with Crippen LogP contribution in [-0.2, 0) is 6.54 Å². The van der Waals surface area contributed by atoms with Crippen molar-refractivity contribution in [1.29, 1.82) is 5.26 Å². The van der Waals surface area contributed by atoms with Gasteiger partial charge in [0.15, 0.2) is 0 Å². The molecule has 0 atom stereocenters. The molecule has 2 rings (SSSR count). The molecule has 0 unspecified atom stereocenters. The highest BCUT2D eigenvalue weighted by atomic mass is 79.9. The van der Waals surface area contributed by atoms with Crippen molar-refractivity contribution in [2.75, 3.05) is 11.9 Å². The third-order valence-corrected chi connectivity index (χ3v) is 4.76. The van der Waals surface area contributed by atoms with E-state index in [-0.39, 0.29) is 0 Å². The zero-order chi connectivity index (χ0) is 13.1. The summed E-state index contributed by atoms with van der Waals surface area (Å²) in [6.07, 6.45) is 0. The molecule has 0 aliphatic rings. The van der Waals surface area contributed by atoms with Crippen molar-refractivity contribution in [2.24, 2.45) is 0 Å². The van der Waals surface area contributed by atoms with Crippen molar-refractivity contribution in [1.82, 2.24) is 0 Å². The van der Waals surface area contributed by atoms with E-state index < -0.39 is 0 Å². The summed E-state index contributed by atoms with van der Waals surface area (Å²) in [5.41, 5.74) is 3.02. The van der Waals surface area contributed by atoms with Crippen LogP contribution in [0.3, 0.4) is 0 Å². The highest BCUT2D eigenvalue weighted by Crippen LogP contribution is 2.26. The molecule has 0 saturated heterocycles. The van der Waals surface area contributed by atoms with Crippen molar-refractivity contribution in [3.8, 4) is 6.07 Å². The summed E-state index contributed by atoms with van der Waals surface area (Å²) >= 11 is 8.56. The van der Waals surface area contributed by atoms with Gasteiger partial charge in [-0.3, -0.25) is 0 Å². The summed E-state index contributed by atoms with van der Waals surface area (Å²) in [6.45, 7) is 0.848. The summed E-state index contributed by atoms with van der Waals surface area (Å²) < 4.78 is 1.98. The number of anilines is 1. The molecule has 5 heteroatoms. The van der Waals surface area contributed by atoms with E-state index in [4.69, 9.17) is 5.26 Å². The van der Waals surface area contributed by atoms with Gasteiger partial charge < -0.3 is 4.90 Å². The molecular formula is C13H10Br2N2S. The van der Waals surface area contributed by atoms with Gasteiger partial charge in [-0.2, -0.15) is 5.26 Å². The highest BCUT2D eigenvalue weighted by Gasteiger charge is 2.06. The minimum absolute atomic E-state index is 0.658. The van der Waals surface area contributed by atoms with Crippen LogP contribution in [0.1, 0.15) is 11.1 Å². The molecule has 0 radical (unpaired) electrons. The van der Waals surface area contributed by atoms with E-state index in [1.807, 2.05) is 25.2 Å². The fraction of sp³-hybridized carbons (Fsp3) is 0.154. The number of halogens is 2. The molecule has 0 N–H and O–H groups in total. The molecular weight excluding hydrogens is 376 g/mol. The van der Waals surface area contributed by atoms with Crippen LogP contribution < -0.4 is 4.90 Å². The SMILES string of the molecule is CN(Cc1csc(Br)c1)c1ccc(C#N)c(Br)c1. The van der Waals surface area contributed by atoms with E-state index in [9.17, 15) is 0 Å². The molecule has 0 saturated carbocycles. The van der Waals surface area contributed by atoms with Gasteiger partial charge in [-0.05, 0) is 67.1 Å². The Kier molecular flexibility index (Phi) is 4.44. The first-order valence-corrected chi connectivity index (χ1v) is 7.70. The lowest BCUT2D eigenvalue weighted by Crippen LogP contribution is -2.15. The molecule has 92 valence electrons. The van der Waals surface area contributed by atoms with Crippen molar-refractivity contribution in [3.05, 3.63) is 49.0 Å². The van der Waals surface area contributed by atoms with Gasteiger partial charge in [-0.15, -0.1) is 11.3 Å². The quantitative estimate of drug-likeness (QED) is 0.759. The fourth-order valence-electron chi connectivity index (χ4n) is 1.63. The molecule has 1 aromatic carbocycles. The van der Waals surface area contributed by atoms with Crippen LogP contribution in [0.4, 0.5) is 5.69 Å². The average Bonchev–Trinajstić information content (AvgIpc) is 2.74. The summed E-state index contributed by atoms with van der Waals surface area (Å²) in [5, 5.41) is 11.0. The Morgan fingerprint density at radius 3 is 2.67 bits per heavy atom. The minimum atomic E-state index is 0.658. The molecule has 2 nitrogen and oxygen atoms in total. The topological polar surface area (TPSA) is 27.0 Å². The Morgan fingerprint density at radius 1 is 1.33 bits per heavy atom. The predicted octanol–water partition coefficient (Wildman–Crippen LogP) is 4.78. The average molecular weight is 386 g/mol. The fourth-order valence-corrected chi connectivity index (χ4v) is 3.28. The van der Waals surface area contributed by atoms with Gasteiger partial charge in [0.05, 0.1) is 9.35 Å². The summed E-state index contributed by atoms with van der Waals surface area (Å²) in [4.78, 5) is 2.15. The Balaban J connectivity index is 2.16. The molecule has 18 heavy (non-hydrogen) atoms. The highest BCUT2D eigenvalue weighted by molar-refractivity contribution is 9.11. The number of benzene rings is 1. The van der Waals surface area contributed by atoms with Crippen LogP contribution in [0.15, 0.2) is 37.9 Å². The van der Waals surface area contributed by atoms with Crippen LogP contribution >= 0.6 is 43.2 Å². The molecule has 0 aliphatic carbocycles. The maximum Gasteiger partial charge on any atom is 0.100 e. The van der Waals surface area contributed by atoms with E-state index in [0.29, 0.717) is 5.56 Å². The Bertz CT molecular complexity index is 601. The van der Waals surface area contributed by atoms with Crippen molar-refractivity contribution >= 4 is 48.9 Å². The smallest absolute Gasteiger partial charge is 0.100 e. The molecule has 0 bridgehead atoms. The molecule has 0 amide bonds. The van der Waals surface area contributed by atoms with Crippen molar-refractivity contribution in [3.63, 3.8) is 0 Å². The number of hydrogen-bond donors (Lipinski definition) is 0.